The van der Waals surface area contributed by atoms with E-state index in [4.69, 9.17) is 25.4 Å². The second kappa shape index (κ2) is 6.68. The minimum atomic E-state index is 0.0898. The molecule has 0 amide bonds. The molecule has 0 saturated carbocycles. The average molecular weight is 341 g/mol. The molecule has 8 nitrogen and oxygen atoms in total. The summed E-state index contributed by atoms with van der Waals surface area (Å²) in [5.41, 5.74) is 13.7. The second-order valence-electron chi connectivity index (χ2n) is 5.70. The zero-order valence-corrected chi connectivity index (χ0v) is 14.2. The normalized spacial score (nSPS) is 10.9. The number of oxazole rings is 1. The predicted molar refractivity (Wildman–Crippen MR) is 93.5 cm³/mol. The van der Waals surface area contributed by atoms with Crippen LogP contribution in [0.2, 0.25) is 0 Å². The van der Waals surface area contributed by atoms with E-state index >= 15 is 0 Å². The van der Waals surface area contributed by atoms with Crippen molar-refractivity contribution in [1.82, 2.24) is 15.0 Å². The third-order valence-corrected chi connectivity index (χ3v) is 3.68. The van der Waals surface area contributed by atoms with Gasteiger partial charge >= 0.3 is 0 Å². The van der Waals surface area contributed by atoms with Crippen molar-refractivity contribution in [3.63, 3.8) is 0 Å². The van der Waals surface area contributed by atoms with Gasteiger partial charge in [-0.3, -0.25) is 0 Å². The highest BCUT2D eigenvalue weighted by atomic mass is 16.5. The van der Waals surface area contributed by atoms with E-state index in [9.17, 15) is 0 Å². The van der Waals surface area contributed by atoms with Gasteiger partial charge in [0, 0.05) is 11.1 Å². The molecule has 0 radical (unpaired) electrons. The predicted octanol–water partition coefficient (Wildman–Crippen LogP) is 3.22. The SMILES string of the molecule is COc1cc(C(C)C)c(Oc2cnc(N)nc2N)cc1-c1cocn1. The van der Waals surface area contributed by atoms with E-state index in [1.54, 1.807) is 7.11 Å². The van der Waals surface area contributed by atoms with Crippen molar-refractivity contribution in [2.45, 2.75) is 19.8 Å². The summed E-state index contributed by atoms with van der Waals surface area (Å²) in [5, 5.41) is 0. The molecule has 0 fully saturated rings. The van der Waals surface area contributed by atoms with Crippen molar-refractivity contribution in [2.75, 3.05) is 18.6 Å². The fourth-order valence-corrected chi connectivity index (χ4v) is 2.43. The maximum atomic E-state index is 5.98. The van der Waals surface area contributed by atoms with Crippen molar-refractivity contribution < 1.29 is 13.9 Å². The third kappa shape index (κ3) is 3.32. The third-order valence-electron chi connectivity index (χ3n) is 3.68. The standard InChI is InChI=1S/C17H19N5O3/c1-9(2)10-4-13(23-3)11(12-7-24-8-21-12)5-14(10)25-15-6-20-17(19)22-16(15)18/h4-9H,1-3H3,(H4,18,19,20,22). The quantitative estimate of drug-likeness (QED) is 0.725. The van der Waals surface area contributed by atoms with Gasteiger partial charge in [-0.1, -0.05) is 13.8 Å². The summed E-state index contributed by atoms with van der Waals surface area (Å²) in [6.07, 6.45) is 4.34. The number of methoxy groups -OCH3 is 1. The van der Waals surface area contributed by atoms with E-state index in [2.05, 4.69) is 28.8 Å². The molecule has 0 bridgehead atoms. The van der Waals surface area contributed by atoms with E-state index in [-0.39, 0.29) is 17.7 Å². The van der Waals surface area contributed by atoms with Crippen LogP contribution in [0.15, 0.2) is 35.4 Å². The van der Waals surface area contributed by atoms with Gasteiger partial charge < -0.3 is 25.4 Å². The van der Waals surface area contributed by atoms with Gasteiger partial charge in [0.1, 0.15) is 23.5 Å². The van der Waals surface area contributed by atoms with Crippen LogP contribution in [0.4, 0.5) is 11.8 Å². The van der Waals surface area contributed by atoms with Gasteiger partial charge in [-0.2, -0.15) is 4.98 Å². The van der Waals surface area contributed by atoms with Crippen molar-refractivity contribution >= 4 is 11.8 Å². The van der Waals surface area contributed by atoms with Gasteiger partial charge in [-0.05, 0) is 18.1 Å². The summed E-state index contributed by atoms with van der Waals surface area (Å²) in [7, 11) is 1.61. The Morgan fingerprint density at radius 3 is 2.48 bits per heavy atom. The number of nitrogens with two attached hydrogens (primary N) is 2. The lowest BCUT2D eigenvalue weighted by Crippen LogP contribution is -2.03. The number of anilines is 2. The van der Waals surface area contributed by atoms with E-state index in [1.165, 1.54) is 18.9 Å². The summed E-state index contributed by atoms with van der Waals surface area (Å²) in [6, 6.07) is 3.75. The van der Waals surface area contributed by atoms with Crippen LogP contribution in [0.3, 0.4) is 0 Å². The molecular formula is C17H19N5O3. The lowest BCUT2D eigenvalue weighted by molar-refractivity contribution is 0.412. The Kier molecular flexibility index (Phi) is 4.42. The summed E-state index contributed by atoms with van der Waals surface area (Å²) in [4.78, 5) is 12.0. The summed E-state index contributed by atoms with van der Waals surface area (Å²) in [5.74, 6) is 2.05. The molecule has 0 aliphatic carbocycles. The van der Waals surface area contributed by atoms with Crippen molar-refractivity contribution in [1.29, 1.82) is 0 Å². The highest BCUT2D eigenvalue weighted by Crippen LogP contribution is 2.40. The molecule has 0 spiro atoms. The Labute approximate surface area is 144 Å². The van der Waals surface area contributed by atoms with Crippen LogP contribution in [0, 0.1) is 0 Å². The number of rotatable bonds is 5. The van der Waals surface area contributed by atoms with Crippen LogP contribution in [-0.4, -0.2) is 22.1 Å². The molecule has 2 heterocycles. The summed E-state index contributed by atoms with van der Waals surface area (Å²) < 4.78 is 16.6. The first-order valence-electron chi connectivity index (χ1n) is 7.66. The molecule has 0 saturated heterocycles. The first-order chi connectivity index (χ1) is 12.0. The van der Waals surface area contributed by atoms with E-state index in [1.807, 2.05) is 12.1 Å². The molecule has 3 aromatic rings. The Hall–Kier alpha value is -3.29. The maximum Gasteiger partial charge on any atom is 0.222 e. The maximum absolute atomic E-state index is 5.98. The number of nitrogen functional groups attached to an aromatic ring is 2. The fraction of sp³-hybridized carbons (Fsp3) is 0.235. The zero-order chi connectivity index (χ0) is 18.0. The Morgan fingerprint density at radius 2 is 1.88 bits per heavy atom. The highest BCUT2D eigenvalue weighted by Gasteiger charge is 2.18. The second-order valence-corrected chi connectivity index (χ2v) is 5.70. The van der Waals surface area contributed by atoms with Crippen molar-refractivity contribution in [2.24, 2.45) is 0 Å². The average Bonchev–Trinajstić information content (AvgIpc) is 3.11. The van der Waals surface area contributed by atoms with Crippen LogP contribution in [0.1, 0.15) is 25.3 Å². The number of ether oxygens (including phenoxy) is 2. The van der Waals surface area contributed by atoms with Gasteiger partial charge in [0.2, 0.25) is 5.95 Å². The molecule has 1 aromatic carbocycles. The molecular weight excluding hydrogens is 322 g/mol. The zero-order valence-electron chi connectivity index (χ0n) is 14.2. The molecule has 2 aromatic heterocycles. The lowest BCUT2D eigenvalue weighted by atomic mass is 9.98. The Morgan fingerprint density at radius 1 is 1.08 bits per heavy atom. The Bertz CT molecular complexity index is 878. The number of nitrogens with zero attached hydrogens (tertiary/aromatic N) is 3. The smallest absolute Gasteiger partial charge is 0.222 e. The largest absolute Gasteiger partial charge is 0.496 e. The van der Waals surface area contributed by atoms with Crippen molar-refractivity contribution in [3.05, 3.63) is 36.5 Å². The fourth-order valence-electron chi connectivity index (χ4n) is 2.43. The van der Waals surface area contributed by atoms with Crippen LogP contribution >= 0.6 is 0 Å². The topological polar surface area (TPSA) is 122 Å². The van der Waals surface area contributed by atoms with E-state index < -0.39 is 0 Å². The number of benzene rings is 1. The molecule has 0 unspecified atom stereocenters. The lowest BCUT2D eigenvalue weighted by Gasteiger charge is -2.18. The first kappa shape index (κ1) is 16.6. The highest BCUT2D eigenvalue weighted by molar-refractivity contribution is 5.70. The number of hydrogen-bond donors (Lipinski definition) is 2. The van der Waals surface area contributed by atoms with Crippen LogP contribution in [-0.2, 0) is 0 Å². The van der Waals surface area contributed by atoms with Gasteiger partial charge in [-0.25, -0.2) is 9.97 Å². The minimum absolute atomic E-state index is 0.0898. The van der Waals surface area contributed by atoms with E-state index in [0.29, 0.717) is 22.9 Å². The van der Waals surface area contributed by atoms with E-state index in [0.717, 1.165) is 11.1 Å². The first-order valence-corrected chi connectivity index (χ1v) is 7.66. The van der Waals surface area contributed by atoms with Gasteiger partial charge in [0.15, 0.2) is 18.0 Å². The number of aromatic nitrogens is 3. The molecule has 0 aliphatic rings. The molecule has 3 rings (SSSR count). The van der Waals surface area contributed by atoms with Gasteiger partial charge in [0.25, 0.3) is 0 Å². The summed E-state index contributed by atoms with van der Waals surface area (Å²) >= 11 is 0. The molecule has 130 valence electrons. The van der Waals surface area contributed by atoms with Crippen LogP contribution in [0.5, 0.6) is 17.2 Å². The summed E-state index contributed by atoms with van der Waals surface area (Å²) in [6.45, 7) is 4.11. The van der Waals surface area contributed by atoms with Crippen LogP contribution < -0.4 is 20.9 Å². The van der Waals surface area contributed by atoms with Gasteiger partial charge in [0.05, 0.1) is 13.3 Å². The molecule has 25 heavy (non-hydrogen) atoms. The molecule has 0 aliphatic heterocycles. The minimum Gasteiger partial charge on any atom is -0.496 e. The monoisotopic (exact) mass is 341 g/mol. The van der Waals surface area contributed by atoms with Gasteiger partial charge in [-0.15, -0.1) is 0 Å². The number of hydrogen-bond acceptors (Lipinski definition) is 8. The molecule has 4 N–H and O–H groups in total. The van der Waals surface area contributed by atoms with Crippen molar-refractivity contribution in [3.8, 4) is 28.5 Å². The molecule has 0 atom stereocenters. The van der Waals surface area contributed by atoms with Crippen LogP contribution in [0.25, 0.3) is 11.3 Å². The molecule has 8 heteroatoms. The Balaban J connectivity index is 2.11.